The first kappa shape index (κ1) is 15.1. The molecule has 1 fully saturated rings. The quantitative estimate of drug-likeness (QED) is 0.802. The highest BCUT2D eigenvalue weighted by atomic mass is 79.9. The van der Waals surface area contributed by atoms with Crippen LogP contribution in [0.1, 0.15) is 54.9 Å². The molecule has 0 saturated heterocycles. The Balaban J connectivity index is 1.93. The number of nitrogens with one attached hydrogen (secondary N) is 1. The monoisotopic (exact) mass is 368 g/mol. The summed E-state index contributed by atoms with van der Waals surface area (Å²) in [6.45, 7) is 4.28. The first-order valence-electron chi connectivity index (χ1n) is 7.21. The fraction of sp³-hybridized carbons (Fsp3) is 0.438. The lowest BCUT2D eigenvalue weighted by atomic mass is 10.1. The van der Waals surface area contributed by atoms with Gasteiger partial charge in [-0.15, -0.1) is 11.3 Å². The van der Waals surface area contributed by atoms with Crippen LogP contribution in [0, 0.1) is 5.82 Å². The summed E-state index contributed by atoms with van der Waals surface area (Å²) in [6, 6.07) is 5.85. The Morgan fingerprint density at radius 1 is 1.38 bits per heavy atom. The van der Waals surface area contributed by atoms with Gasteiger partial charge in [0.25, 0.3) is 0 Å². The summed E-state index contributed by atoms with van der Waals surface area (Å²) in [7, 11) is 0. The van der Waals surface area contributed by atoms with Gasteiger partial charge in [0.15, 0.2) is 0 Å². The molecular weight excluding hydrogens is 351 g/mol. The molecule has 0 amide bonds. The Morgan fingerprint density at radius 3 is 2.71 bits per heavy atom. The third-order valence-corrected chi connectivity index (χ3v) is 5.21. The Bertz CT molecular complexity index is 637. The Kier molecular flexibility index (Phi) is 4.43. The summed E-state index contributed by atoms with van der Waals surface area (Å²) in [5, 5.41) is 6.72. The van der Waals surface area contributed by atoms with Crippen molar-refractivity contribution in [2.24, 2.45) is 0 Å². The highest BCUT2D eigenvalue weighted by molar-refractivity contribution is 9.10. The van der Waals surface area contributed by atoms with Gasteiger partial charge < -0.3 is 5.32 Å². The highest BCUT2D eigenvalue weighted by Crippen LogP contribution is 2.32. The van der Waals surface area contributed by atoms with E-state index in [0.29, 0.717) is 16.4 Å². The van der Waals surface area contributed by atoms with E-state index in [9.17, 15) is 4.39 Å². The fourth-order valence-electron chi connectivity index (χ4n) is 2.19. The molecule has 1 heterocycles. The molecule has 1 aliphatic carbocycles. The van der Waals surface area contributed by atoms with Gasteiger partial charge in [-0.1, -0.05) is 19.9 Å². The Hall–Kier alpha value is -0.780. The molecule has 1 aliphatic rings. The molecule has 2 nitrogen and oxygen atoms in total. The van der Waals surface area contributed by atoms with Crippen molar-refractivity contribution >= 4 is 27.3 Å². The van der Waals surface area contributed by atoms with Gasteiger partial charge in [-0.05, 0) is 52.4 Å². The third-order valence-electron chi connectivity index (χ3n) is 3.63. The zero-order chi connectivity index (χ0) is 15.0. The highest BCUT2D eigenvalue weighted by Gasteiger charge is 2.28. The largest absolute Gasteiger partial charge is 0.301 e. The van der Waals surface area contributed by atoms with E-state index in [1.165, 1.54) is 12.8 Å². The van der Waals surface area contributed by atoms with Crippen molar-refractivity contribution in [1.29, 1.82) is 0 Å². The van der Waals surface area contributed by atoms with Crippen LogP contribution in [-0.4, -0.2) is 11.0 Å². The van der Waals surface area contributed by atoms with Crippen molar-refractivity contribution in [2.45, 2.75) is 44.7 Å². The van der Waals surface area contributed by atoms with Gasteiger partial charge >= 0.3 is 0 Å². The SMILES string of the molecule is CC(C)c1csc(C(NC2CC2)c2ccc(Br)c(F)c2)n1. The van der Waals surface area contributed by atoms with Crippen LogP contribution in [0.4, 0.5) is 4.39 Å². The molecule has 3 rings (SSSR count). The van der Waals surface area contributed by atoms with E-state index in [2.05, 4.69) is 40.5 Å². The van der Waals surface area contributed by atoms with Crippen molar-refractivity contribution < 1.29 is 4.39 Å². The number of thiazole rings is 1. The van der Waals surface area contributed by atoms with Crippen molar-refractivity contribution in [3.63, 3.8) is 0 Å². The van der Waals surface area contributed by atoms with Gasteiger partial charge in [-0.25, -0.2) is 9.37 Å². The van der Waals surface area contributed by atoms with E-state index in [1.54, 1.807) is 23.5 Å². The molecule has 1 saturated carbocycles. The number of hydrogen-bond donors (Lipinski definition) is 1. The number of halogens is 2. The van der Waals surface area contributed by atoms with Gasteiger partial charge in [-0.3, -0.25) is 0 Å². The standard InChI is InChI=1S/C16H18BrFN2S/c1-9(2)14-8-21-16(20-14)15(19-11-4-5-11)10-3-6-12(17)13(18)7-10/h3,6-9,11,15,19H,4-5H2,1-2H3. The molecular formula is C16H18BrFN2S. The maximum Gasteiger partial charge on any atom is 0.137 e. The number of rotatable bonds is 5. The normalized spacial score (nSPS) is 16.4. The fourth-order valence-corrected chi connectivity index (χ4v) is 3.50. The molecule has 0 spiro atoms. The van der Waals surface area contributed by atoms with Gasteiger partial charge in [0.05, 0.1) is 16.2 Å². The maximum absolute atomic E-state index is 13.9. The second-order valence-electron chi connectivity index (χ2n) is 5.81. The van der Waals surface area contributed by atoms with Crippen molar-refractivity contribution in [3.8, 4) is 0 Å². The lowest BCUT2D eigenvalue weighted by Gasteiger charge is -2.17. The number of nitrogens with zero attached hydrogens (tertiary/aromatic N) is 1. The zero-order valence-corrected chi connectivity index (χ0v) is 14.5. The predicted molar refractivity (Wildman–Crippen MR) is 88.3 cm³/mol. The third kappa shape index (κ3) is 3.52. The second-order valence-corrected chi connectivity index (χ2v) is 7.56. The van der Waals surface area contributed by atoms with Crippen molar-refractivity contribution in [3.05, 3.63) is 50.1 Å². The molecule has 1 aromatic heterocycles. The average molecular weight is 369 g/mol. The number of benzene rings is 1. The first-order valence-corrected chi connectivity index (χ1v) is 8.88. The summed E-state index contributed by atoms with van der Waals surface area (Å²) >= 11 is 4.87. The maximum atomic E-state index is 13.9. The predicted octanol–water partition coefficient (Wildman–Crippen LogP) is 5.01. The molecule has 5 heteroatoms. The van der Waals surface area contributed by atoms with E-state index in [1.807, 2.05) is 6.07 Å². The molecule has 2 aromatic rings. The van der Waals surface area contributed by atoms with Crippen LogP contribution in [0.2, 0.25) is 0 Å². The lowest BCUT2D eigenvalue weighted by Crippen LogP contribution is -2.24. The minimum atomic E-state index is -0.226. The lowest BCUT2D eigenvalue weighted by molar-refractivity contribution is 0.580. The van der Waals surface area contributed by atoms with E-state index in [0.717, 1.165) is 16.3 Å². The molecule has 1 N–H and O–H groups in total. The molecule has 0 aliphatic heterocycles. The Labute approximate surface area is 136 Å². The Morgan fingerprint density at radius 2 is 2.14 bits per heavy atom. The summed E-state index contributed by atoms with van der Waals surface area (Å²) in [5.74, 6) is 0.189. The molecule has 1 unspecified atom stereocenters. The molecule has 1 atom stereocenters. The van der Waals surface area contributed by atoms with Crippen LogP contribution in [0.3, 0.4) is 0 Å². The smallest absolute Gasteiger partial charge is 0.137 e. The van der Waals surface area contributed by atoms with Gasteiger partial charge in [-0.2, -0.15) is 0 Å². The molecule has 21 heavy (non-hydrogen) atoms. The topological polar surface area (TPSA) is 24.9 Å². The minimum absolute atomic E-state index is 0.0161. The zero-order valence-electron chi connectivity index (χ0n) is 12.1. The van der Waals surface area contributed by atoms with E-state index >= 15 is 0 Å². The molecule has 112 valence electrons. The van der Waals surface area contributed by atoms with E-state index in [4.69, 9.17) is 4.98 Å². The summed E-state index contributed by atoms with van der Waals surface area (Å²) < 4.78 is 14.3. The van der Waals surface area contributed by atoms with Crippen LogP contribution in [0.25, 0.3) is 0 Å². The molecule has 1 aromatic carbocycles. The van der Waals surface area contributed by atoms with Crippen LogP contribution in [-0.2, 0) is 0 Å². The van der Waals surface area contributed by atoms with Crippen LogP contribution >= 0.6 is 27.3 Å². The first-order chi connectivity index (χ1) is 10.0. The van der Waals surface area contributed by atoms with Gasteiger partial charge in [0.2, 0.25) is 0 Å². The molecule has 0 bridgehead atoms. The van der Waals surface area contributed by atoms with Crippen LogP contribution in [0.5, 0.6) is 0 Å². The summed E-state index contributed by atoms with van der Waals surface area (Å²) in [4.78, 5) is 4.74. The van der Waals surface area contributed by atoms with E-state index in [-0.39, 0.29) is 11.9 Å². The van der Waals surface area contributed by atoms with Gasteiger partial charge in [0, 0.05) is 11.4 Å². The number of aromatic nitrogens is 1. The van der Waals surface area contributed by atoms with Crippen molar-refractivity contribution in [2.75, 3.05) is 0 Å². The summed E-state index contributed by atoms with van der Waals surface area (Å²) in [5.41, 5.74) is 2.04. The minimum Gasteiger partial charge on any atom is -0.301 e. The van der Waals surface area contributed by atoms with Gasteiger partial charge in [0.1, 0.15) is 10.8 Å². The molecule has 0 radical (unpaired) electrons. The average Bonchev–Trinajstić information content (AvgIpc) is 3.13. The summed E-state index contributed by atoms with van der Waals surface area (Å²) in [6.07, 6.45) is 2.38. The number of hydrogen-bond acceptors (Lipinski definition) is 3. The van der Waals surface area contributed by atoms with Crippen LogP contribution in [0.15, 0.2) is 28.1 Å². The van der Waals surface area contributed by atoms with Crippen molar-refractivity contribution in [1.82, 2.24) is 10.3 Å². The second kappa shape index (κ2) is 6.15. The van der Waals surface area contributed by atoms with E-state index < -0.39 is 0 Å². The van der Waals surface area contributed by atoms with Crippen LogP contribution < -0.4 is 5.32 Å².